The van der Waals surface area contributed by atoms with Crippen molar-refractivity contribution in [1.82, 2.24) is 9.88 Å². The number of fused-ring (bicyclic) bond motifs is 1. The van der Waals surface area contributed by atoms with Gasteiger partial charge in [-0.1, -0.05) is 24.3 Å². The topological polar surface area (TPSA) is 58.7 Å². The second-order valence-corrected chi connectivity index (χ2v) is 7.49. The predicted molar refractivity (Wildman–Crippen MR) is 105 cm³/mol. The highest BCUT2D eigenvalue weighted by molar-refractivity contribution is 5.75. The zero-order chi connectivity index (χ0) is 18.8. The minimum atomic E-state index is -0.437. The van der Waals surface area contributed by atoms with Gasteiger partial charge in [0.2, 0.25) is 5.89 Å². The lowest BCUT2D eigenvalue weighted by molar-refractivity contribution is -0.0957. The van der Waals surface area contributed by atoms with E-state index in [0.717, 1.165) is 41.5 Å². The fourth-order valence-corrected chi connectivity index (χ4v) is 3.81. The van der Waals surface area contributed by atoms with Crippen molar-refractivity contribution in [2.24, 2.45) is 0 Å². The van der Waals surface area contributed by atoms with Gasteiger partial charge in [0.05, 0.1) is 18.8 Å². The van der Waals surface area contributed by atoms with Gasteiger partial charge >= 0.3 is 0 Å². The van der Waals surface area contributed by atoms with Gasteiger partial charge in [-0.2, -0.15) is 0 Å². The van der Waals surface area contributed by atoms with Crippen LogP contribution in [0.25, 0.3) is 22.6 Å². The summed E-state index contributed by atoms with van der Waals surface area (Å²) < 4.78 is 11.9. The summed E-state index contributed by atoms with van der Waals surface area (Å²) in [6.07, 6.45) is 2.47. The average molecular weight is 366 g/mol. The Hall–Kier alpha value is -2.21. The highest BCUT2D eigenvalue weighted by atomic mass is 16.5. The van der Waals surface area contributed by atoms with E-state index in [2.05, 4.69) is 9.88 Å². The molecule has 1 saturated carbocycles. The monoisotopic (exact) mass is 366 g/mol. The fourth-order valence-electron chi connectivity index (χ4n) is 3.81. The van der Waals surface area contributed by atoms with Crippen LogP contribution in [0.3, 0.4) is 0 Å². The van der Waals surface area contributed by atoms with E-state index in [1.54, 1.807) is 0 Å². The summed E-state index contributed by atoms with van der Waals surface area (Å²) in [7, 11) is 4.03. The Kier molecular flexibility index (Phi) is 5.25. The van der Waals surface area contributed by atoms with Gasteiger partial charge in [-0.3, -0.25) is 0 Å². The van der Waals surface area contributed by atoms with Gasteiger partial charge in [0.1, 0.15) is 5.52 Å². The summed E-state index contributed by atoms with van der Waals surface area (Å²) in [5.41, 5.74) is 3.68. The molecule has 1 N–H and O–H groups in total. The molecule has 0 amide bonds. The summed E-state index contributed by atoms with van der Waals surface area (Å²) in [6.45, 7) is 0.496. The number of ether oxygens (including phenoxy) is 1. The maximum absolute atomic E-state index is 10.6. The van der Waals surface area contributed by atoms with E-state index in [1.807, 2.05) is 62.6 Å². The predicted octanol–water partition coefficient (Wildman–Crippen LogP) is 3.86. The van der Waals surface area contributed by atoms with Crippen LogP contribution in [0.1, 0.15) is 24.8 Å². The molecule has 0 bridgehead atoms. The van der Waals surface area contributed by atoms with E-state index >= 15 is 0 Å². The highest BCUT2D eigenvalue weighted by Crippen LogP contribution is 2.27. The molecule has 1 heterocycles. The Bertz CT molecular complexity index is 855. The maximum atomic E-state index is 10.6. The number of hydrogen-bond acceptors (Lipinski definition) is 5. The third kappa shape index (κ3) is 3.90. The van der Waals surface area contributed by atoms with E-state index < -0.39 is 6.10 Å². The van der Waals surface area contributed by atoms with Crippen LogP contribution in [0.2, 0.25) is 0 Å². The van der Waals surface area contributed by atoms with Gasteiger partial charge in [0.25, 0.3) is 0 Å². The van der Waals surface area contributed by atoms with Crippen molar-refractivity contribution >= 4 is 11.1 Å². The molecular formula is C22H26N2O3. The van der Waals surface area contributed by atoms with Crippen LogP contribution >= 0.6 is 0 Å². The van der Waals surface area contributed by atoms with E-state index in [9.17, 15) is 5.11 Å². The summed E-state index contributed by atoms with van der Waals surface area (Å²) >= 11 is 0. The Labute approximate surface area is 159 Å². The van der Waals surface area contributed by atoms with Gasteiger partial charge < -0.3 is 19.2 Å². The zero-order valence-electron chi connectivity index (χ0n) is 15.8. The molecule has 142 valence electrons. The molecule has 3 unspecified atom stereocenters. The standard InChI is InChI=1S/C22H26N2O3/c1-24(2)18-7-5-9-20(21(18)25)26-14-15-10-12-16(13-11-15)22-23-17-6-3-4-8-19(17)27-22/h3-4,6,8,10-13,18,20-21,25H,5,7,9,14H2,1-2H3. The van der Waals surface area contributed by atoms with Gasteiger partial charge in [-0.05, 0) is 63.2 Å². The minimum Gasteiger partial charge on any atom is -0.436 e. The number of nitrogens with zero attached hydrogens (tertiary/aromatic N) is 2. The summed E-state index contributed by atoms with van der Waals surface area (Å²) in [5, 5.41) is 10.6. The molecule has 4 rings (SSSR count). The molecule has 27 heavy (non-hydrogen) atoms. The van der Waals surface area contributed by atoms with Gasteiger partial charge in [-0.15, -0.1) is 0 Å². The number of hydrogen-bond donors (Lipinski definition) is 1. The molecule has 5 heteroatoms. The van der Waals surface area contributed by atoms with Gasteiger partial charge in [0.15, 0.2) is 5.58 Å². The third-order valence-corrected chi connectivity index (χ3v) is 5.39. The van der Waals surface area contributed by atoms with Crippen LogP contribution in [-0.2, 0) is 11.3 Å². The Morgan fingerprint density at radius 2 is 1.89 bits per heavy atom. The Morgan fingerprint density at radius 3 is 2.63 bits per heavy atom. The van der Waals surface area contributed by atoms with Crippen LogP contribution in [-0.4, -0.2) is 47.3 Å². The molecule has 0 radical (unpaired) electrons. The van der Waals surface area contributed by atoms with Crippen LogP contribution in [0.15, 0.2) is 52.9 Å². The SMILES string of the molecule is CN(C)C1CCCC(OCc2ccc(-c3nc4ccccc4o3)cc2)C1O. The number of aliphatic hydroxyl groups is 1. The molecule has 3 atom stereocenters. The smallest absolute Gasteiger partial charge is 0.227 e. The van der Waals surface area contributed by atoms with Gasteiger partial charge in [-0.25, -0.2) is 4.98 Å². The van der Waals surface area contributed by atoms with E-state index in [4.69, 9.17) is 9.15 Å². The van der Waals surface area contributed by atoms with Crippen LogP contribution in [0, 0.1) is 0 Å². The highest BCUT2D eigenvalue weighted by Gasteiger charge is 2.33. The molecule has 0 aliphatic heterocycles. The average Bonchev–Trinajstić information content (AvgIpc) is 3.11. The first-order valence-electron chi connectivity index (χ1n) is 9.53. The largest absolute Gasteiger partial charge is 0.436 e. The van der Waals surface area contributed by atoms with E-state index in [-0.39, 0.29) is 12.1 Å². The number of oxazole rings is 1. The lowest BCUT2D eigenvalue weighted by Gasteiger charge is -2.38. The van der Waals surface area contributed by atoms with Crippen LogP contribution in [0.5, 0.6) is 0 Å². The molecule has 1 fully saturated rings. The number of benzene rings is 2. The van der Waals surface area contributed by atoms with Crippen molar-refractivity contribution in [3.8, 4) is 11.5 Å². The van der Waals surface area contributed by atoms with Crippen molar-refractivity contribution in [3.05, 3.63) is 54.1 Å². The molecule has 0 saturated heterocycles. The molecule has 0 spiro atoms. The first kappa shape index (κ1) is 18.2. The minimum absolute atomic E-state index is 0.108. The summed E-state index contributed by atoms with van der Waals surface area (Å²) in [5.74, 6) is 0.625. The number of likely N-dealkylation sites (N-methyl/N-ethyl adjacent to an activating group) is 1. The molecule has 3 aromatic rings. The second kappa shape index (κ2) is 7.80. The maximum Gasteiger partial charge on any atom is 0.227 e. The number of para-hydroxylation sites is 2. The summed E-state index contributed by atoms with van der Waals surface area (Å²) in [4.78, 5) is 6.62. The number of aliphatic hydroxyl groups excluding tert-OH is 1. The first-order chi connectivity index (χ1) is 13.1. The Morgan fingerprint density at radius 1 is 1.11 bits per heavy atom. The van der Waals surface area contributed by atoms with Crippen molar-refractivity contribution in [2.45, 2.75) is 44.1 Å². The van der Waals surface area contributed by atoms with Gasteiger partial charge in [0, 0.05) is 11.6 Å². The van der Waals surface area contributed by atoms with Crippen molar-refractivity contribution < 1.29 is 14.3 Å². The lowest BCUT2D eigenvalue weighted by atomic mass is 9.89. The molecular weight excluding hydrogens is 340 g/mol. The van der Waals surface area contributed by atoms with Crippen molar-refractivity contribution in [1.29, 1.82) is 0 Å². The second-order valence-electron chi connectivity index (χ2n) is 7.49. The lowest BCUT2D eigenvalue weighted by Crippen LogP contribution is -2.49. The number of rotatable bonds is 5. The number of aromatic nitrogens is 1. The van der Waals surface area contributed by atoms with E-state index in [0.29, 0.717) is 12.5 Å². The van der Waals surface area contributed by atoms with Crippen molar-refractivity contribution in [3.63, 3.8) is 0 Å². The zero-order valence-corrected chi connectivity index (χ0v) is 15.8. The quantitative estimate of drug-likeness (QED) is 0.743. The van der Waals surface area contributed by atoms with Crippen molar-refractivity contribution in [2.75, 3.05) is 14.1 Å². The molecule has 1 aromatic heterocycles. The third-order valence-electron chi connectivity index (χ3n) is 5.39. The van der Waals surface area contributed by atoms with Crippen LogP contribution < -0.4 is 0 Å². The summed E-state index contributed by atoms with van der Waals surface area (Å²) in [6, 6.07) is 16.0. The van der Waals surface area contributed by atoms with Crippen LogP contribution in [0.4, 0.5) is 0 Å². The Balaban J connectivity index is 1.40. The first-order valence-corrected chi connectivity index (χ1v) is 9.53. The molecule has 2 aromatic carbocycles. The molecule has 1 aliphatic carbocycles. The van der Waals surface area contributed by atoms with E-state index in [1.165, 1.54) is 0 Å². The molecule has 5 nitrogen and oxygen atoms in total. The molecule has 1 aliphatic rings. The fraction of sp³-hybridized carbons (Fsp3) is 0.409. The normalized spacial score (nSPS) is 23.2.